The highest BCUT2D eigenvalue weighted by molar-refractivity contribution is 5.73. The van der Waals surface area contributed by atoms with E-state index in [0.717, 1.165) is 38.2 Å². The molecule has 0 aromatic heterocycles. The minimum Gasteiger partial charge on any atom is -0.399 e. The molecule has 0 radical (unpaired) electrons. The van der Waals surface area contributed by atoms with Gasteiger partial charge < -0.3 is 15.7 Å². The summed E-state index contributed by atoms with van der Waals surface area (Å²) in [6.45, 7) is 5.48. The summed E-state index contributed by atoms with van der Waals surface area (Å²) in [5.41, 5.74) is 7.23. The van der Waals surface area contributed by atoms with E-state index < -0.39 is 6.10 Å². The minimum atomic E-state index is -0.514. The van der Waals surface area contributed by atoms with Crippen molar-refractivity contribution in [1.82, 2.24) is 9.80 Å². The molecule has 1 aliphatic heterocycles. The van der Waals surface area contributed by atoms with Gasteiger partial charge >= 0.3 is 0 Å². The summed E-state index contributed by atoms with van der Waals surface area (Å²) < 4.78 is 0. The van der Waals surface area contributed by atoms with Crippen molar-refractivity contribution in [1.29, 1.82) is 0 Å². The number of carbonyl (C=O) groups is 1. The Morgan fingerprint density at radius 1 is 1.25 bits per heavy atom. The van der Waals surface area contributed by atoms with E-state index in [1.807, 2.05) is 17.0 Å². The van der Waals surface area contributed by atoms with Gasteiger partial charge in [-0.2, -0.15) is 0 Å². The number of nitrogens with zero attached hydrogens (tertiary/aromatic N) is 2. The number of benzene rings is 1. The first-order valence-corrected chi connectivity index (χ1v) is 7.07. The van der Waals surface area contributed by atoms with Crippen LogP contribution in [-0.4, -0.2) is 53.5 Å². The van der Waals surface area contributed by atoms with Crippen LogP contribution >= 0.6 is 0 Å². The number of β-amino-alcohol motifs (C(OH)–C–C–N with tert-alkyl or cyclic N) is 1. The van der Waals surface area contributed by atoms with Gasteiger partial charge in [0.15, 0.2) is 0 Å². The first kappa shape index (κ1) is 14.8. The molecule has 1 heterocycles. The molecule has 0 bridgehead atoms. The minimum absolute atomic E-state index is 0.130. The first-order chi connectivity index (χ1) is 9.56. The fraction of sp³-hybridized carbons (Fsp3) is 0.533. The molecule has 5 nitrogen and oxygen atoms in total. The summed E-state index contributed by atoms with van der Waals surface area (Å²) in [5, 5.41) is 10.3. The monoisotopic (exact) mass is 277 g/mol. The van der Waals surface area contributed by atoms with Gasteiger partial charge in [0.05, 0.1) is 6.10 Å². The number of anilines is 1. The molecule has 5 heteroatoms. The van der Waals surface area contributed by atoms with Gasteiger partial charge in [0.2, 0.25) is 5.91 Å². The van der Waals surface area contributed by atoms with Crippen molar-refractivity contribution < 1.29 is 9.90 Å². The number of nitrogen functional groups attached to an aromatic ring is 1. The molecular weight excluding hydrogens is 254 g/mol. The van der Waals surface area contributed by atoms with Crippen molar-refractivity contribution in [2.45, 2.75) is 19.4 Å². The van der Waals surface area contributed by atoms with Crippen LogP contribution in [-0.2, 0) is 4.79 Å². The highest BCUT2D eigenvalue weighted by Crippen LogP contribution is 2.17. The summed E-state index contributed by atoms with van der Waals surface area (Å²) in [4.78, 5) is 15.5. The number of hydrogen-bond donors (Lipinski definition) is 2. The van der Waals surface area contributed by atoms with E-state index in [9.17, 15) is 9.90 Å². The van der Waals surface area contributed by atoms with E-state index in [4.69, 9.17) is 5.73 Å². The van der Waals surface area contributed by atoms with E-state index in [1.54, 1.807) is 19.1 Å². The zero-order chi connectivity index (χ0) is 14.5. The van der Waals surface area contributed by atoms with Crippen LogP contribution in [0.1, 0.15) is 25.0 Å². The number of aliphatic hydroxyl groups is 1. The Bertz CT molecular complexity index is 447. The van der Waals surface area contributed by atoms with Crippen LogP contribution in [0.5, 0.6) is 0 Å². The Morgan fingerprint density at radius 2 is 1.95 bits per heavy atom. The van der Waals surface area contributed by atoms with Gasteiger partial charge in [-0.15, -0.1) is 0 Å². The van der Waals surface area contributed by atoms with Crippen molar-refractivity contribution in [2.75, 3.05) is 38.5 Å². The largest absolute Gasteiger partial charge is 0.399 e. The van der Waals surface area contributed by atoms with Crippen LogP contribution in [0.25, 0.3) is 0 Å². The van der Waals surface area contributed by atoms with Crippen molar-refractivity contribution in [3.63, 3.8) is 0 Å². The van der Waals surface area contributed by atoms with Gasteiger partial charge in [0.25, 0.3) is 0 Å². The van der Waals surface area contributed by atoms with Crippen molar-refractivity contribution in [3.8, 4) is 0 Å². The normalized spacial score (nSPS) is 18.6. The smallest absolute Gasteiger partial charge is 0.219 e. The zero-order valence-corrected chi connectivity index (χ0v) is 12.0. The summed E-state index contributed by atoms with van der Waals surface area (Å²) in [6, 6.07) is 7.33. The predicted molar refractivity (Wildman–Crippen MR) is 79.1 cm³/mol. The number of nitrogens with two attached hydrogens (primary N) is 1. The Hall–Kier alpha value is -1.59. The second-order valence-electron chi connectivity index (χ2n) is 5.34. The standard InChI is InChI=1S/C15H23N3O2/c1-12(19)18-8-2-7-17(9-10-18)11-15(20)13-3-5-14(16)6-4-13/h3-6,15,20H,2,7-11,16H2,1H3. The van der Waals surface area contributed by atoms with E-state index in [-0.39, 0.29) is 5.91 Å². The lowest BCUT2D eigenvalue weighted by Crippen LogP contribution is -2.35. The second kappa shape index (κ2) is 6.72. The average Bonchev–Trinajstić information content (AvgIpc) is 2.65. The summed E-state index contributed by atoms with van der Waals surface area (Å²) in [7, 11) is 0. The fourth-order valence-electron chi connectivity index (χ4n) is 2.54. The molecule has 110 valence electrons. The Labute approximate surface area is 120 Å². The third kappa shape index (κ3) is 3.95. The maximum absolute atomic E-state index is 11.4. The first-order valence-electron chi connectivity index (χ1n) is 7.07. The fourth-order valence-corrected chi connectivity index (χ4v) is 2.54. The van der Waals surface area contributed by atoms with E-state index in [1.165, 1.54) is 0 Å². The van der Waals surface area contributed by atoms with Crippen LogP contribution < -0.4 is 5.73 Å². The topological polar surface area (TPSA) is 69.8 Å². The average molecular weight is 277 g/mol. The van der Waals surface area contributed by atoms with Crippen molar-refractivity contribution in [3.05, 3.63) is 29.8 Å². The van der Waals surface area contributed by atoms with Crippen molar-refractivity contribution >= 4 is 11.6 Å². The SMILES string of the molecule is CC(=O)N1CCCN(CC(O)c2ccc(N)cc2)CC1. The maximum atomic E-state index is 11.4. The molecule has 1 saturated heterocycles. The number of aliphatic hydroxyl groups excluding tert-OH is 1. The van der Waals surface area contributed by atoms with Crippen LogP contribution in [0.15, 0.2) is 24.3 Å². The molecular formula is C15H23N3O2. The summed E-state index contributed by atoms with van der Waals surface area (Å²) in [6.07, 6.45) is 0.438. The number of amides is 1. The molecule has 1 aromatic rings. The third-order valence-corrected chi connectivity index (χ3v) is 3.79. The second-order valence-corrected chi connectivity index (χ2v) is 5.34. The van der Waals surface area contributed by atoms with Crippen molar-refractivity contribution in [2.24, 2.45) is 0 Å². The molecule has 0 saturated carbocycles. The van der Waals surface area contributed by atoms with Gasteiger partial charge in [0.1, 0.15) is 0 Å². The lowest BCUT2D eigenvalue weighted by Gasteiger charge is -2.24. The molecule has 1 atom stereocenters. The Balaban J connectivity index is 1.89. The van der Waals surface area contributed by atoms with Gasteiger partial charge in [-0.3, -0.25) is 9.69 Å². The quantitative estimate of drug-likeness (QED) is 0.804. The molecule has 2 rings (SSSR count). The Kier molecular flexibility index (Phi) is 4.98. The molecule has 3 N–H and O–H groups in total. The molecule has 1 aromatic carbocycles. The van der Waals surface area contributed by atoms with Crippen LogP contribution in [0.4, 0.5) is 5.69 Å². The van der Waals surface area contributed by atoms with E-state index in [2.05, 4.69) is 4.90 Å². The lowest BCUT2D eigenvalue weighted by molar-refractivity contribution is -0.128. The van der Waals surface area contributed by atoms with E-state index >= 15 is 0 Å². The van der Waals surface area contributed by atoms with Gasteiger partial charge in [-0.25, -0.2) is 0 Å². The predicted octanol–water partition coefficient (Wildman–Crippen LogP) is 0.856. The van der Waals surface area contributed by atoms with Gasteiger partial charge in [-0.1, -0.05) is 12.1 Å². The molecule has 0 aliphatic carbocycles. The van der Waals surface area contributed by atoms with E-state index in [0.29, 0.717) is 12.2 Å². The highest BCUT2D eigenvalue weighted by Gasteiger charge is 2.19. The molecule has 1 fully saturated rings. The maximum Gasteiger partial charge on any atom is 0.219 e. The molecule has 1 amide bonds. The molecule has 1 unspecified atom stereocenters. The molecule has 20 heavy (non-hydrogen) atoms. The number of rotatable bonds is 3. The Morgan fingerprint density at radius 3 is 2.60 bits per heavy atom. The molecule has 1 aliphatic rings. The van der Waals surface area contributed by atoms with Crippen LogP contribution in [0, 0.1) is 0 Å². The number of hydrogen-bond acceptors (Lipinski definition) is 4. The summed E-state index contributed by atoms with van der Waals surface area (Å²) >= 11 is 0. The zero-order valence-electron chi connectivity index (χ0n) is 12.0. The third-order valence-electron chi connectivity index (χ3n) is 3.79. The van der Waals surface area contributed by atoms with Crippen LogP contribution in [0.2, 0.25) is 0 Å². The molecule has 0 spiro atoms. The van der Waals surface area contributed by atoms with Gasteiger partial charge in [-0.05, 0) is 24.1 Å². The highest BCUT2D eigenvalue weighted by atomic mass is 16.3. The van der Waals surface area contributed by atoms with Crippen LogP contribution in [0.3, 0.4) is 0 Å². The number of carbonyl (C=O) groups excluding carboxylic acids is 1. The lowest BCUT2D eigenvalue weighted by atomic mass is 10.1. The van der Waals surface area contributed by atoms with Gasteiger partial charge in [0, 0.05) is 45.3 Å². The summed E-state index contributed by atoms with van der Waals surface area (Å²) in [5.74, 6) is 0.130.